The number of hydrogen-bond donors (Lipinski definition) is 0. The highest BCUT2D eigenvalue weighted by atomic mass is 35.5. The molecule has 3 rings (SSSR count). The Bertz CT molecular complexity index is 1080. The van der Waals surface area contributed by atoms with Gasteiger partial charge in [0.25, 0.3) is 0 Å². The van der Waals surface area contributed by atoms with Crippen LogP contribution in [0.15, 0.2) is 52.5 Å². The largest absolute Gasteiger partial charge is 0.305 e. The van der Waals surface area contributed by atoms with Gasteiger partial charge in [-0.3, -0.25) is 0 Å². The van der Waals surface area contributed by atoms with Crippen molar-refractivity contribution >= 4 is 44.8 Å². The molecule has 5 nitrogen and oxygen atoms in total. The molecule has 2 aromatic carbocycles. The second-order valence-electron chi connectivity index (χ2n) is 6.25. The highest BCUT2D eigenvalue weighted by Gasteiger charge is 2.21. The maximum atomic E-state index is 12.7. The Kier molecular flexibility index (Phi) is 6.70. The van der Waals surface area contributed by atoms with Crippen molar-refractivity contribution in [2.75, 3.05) is 0 Å². The smallest absolute Gasteiger partial charge is 0.191 e. The third kappa shape index (κ3) is 4.89. The lowest BCUT2D eigenvalue weighted by Crippen LogP contribution is -2.11. The van der Waals surface area contributed by atoms with Gasteiger partial charge in [0.15, 0.2) is 15.0 Å². The molecule has 1 heterocycles. The minimum atomic E-state index is -3.49. The van der Waals surface area contributed by atoms with Crippen LogP contribution in [0.1, 0.15) is 23.9 Å². The second kappa shape index (κ2) is 8.86. The maximum absolute atomic E-state index is 12.7. The molecule has 1 aromatic heterocycles. The van der Waals surface area contributed by atoms with Gasteiger partial charge in [-0.2, -0.15) is 0 Å². The van der Waals surface area contributed by atoms with Gasteiger partial charge in [0.05, 0.1) is 14.9 Å². The Hall–Kier alpha value is -1.54. The van der Waals surface area contributed by atoms with Crippen molar-refractivity contribution in [3.8, 4) is 0 Å². The molecule has 0 spiro atoms. The summed E-state index contributed by atoms with van der Waals surface area (Å²) < 4.78 is 27.3. The number of thioether (sulfide) groups is 1. The van der Waals surface area contributed by atoms with Crippen LogP contribution < -0.4 is 0 Å². The minimum absolute atomic E-state index is 0.190. The molecule has 0 bridgehead atoms. The number of nitrogens with zero attached hydrogens (tertiary/aromatic N) is 3. The van der Waals surface area contributed by atoms with Gasteiger partial charge in [0.1, 0.15) is 11.6 Å². The third-order valence-electron chi connectivity index (χ3n) is 4.16. The summed E-state index contributed by atoms with van der Waals surface area (Å²) in [6.45, 7) is 4.44. The lowest BCUT2D eigenvalue weighted by atomic mass is 10.2. The lowest BCUT2D eigenvalue weighted by Gasteiger charge is -2.09. The molecule has 0 amide bonds. The fourth-order valence-electron chi connectivity index (χ4n) is 2.63. The van der Waals surface area contributed by atoms with Crippen LogP contribution in [0.4, 0.5) is 0 Å². The van der Waals surface area contributed by atoms with E-state index in [1.54, 1.807) is 30.3 Å². The number of hydrogen-bond acceptors (Lipinski definition) is 5. The van der Waals surface area contributed by atoms with Gasteiger partial charge in [0, 0.05) is 12.3 Å². The van der Waals surface area contributed by atoms with E-state index in [2.05, 4.69) is 10.2 Å². The molecule has 0 saturated carbocycles. The van der Waals surface area contributed by atoms with Crippen LogP contribution in [0.3, 0.4) is 0 Å². The quantitative estimate of drug-likeness (QED) is 0.459. The van der Waals surface area contributed by atoms with Crippen LogP contribution in [-0.4, -0.2) is 23.2 Å². The van der Waals surface area contributed by atoms with Crippen LogP contribution in [0.5, 0.6) is 0 Å². The van der Waals surface area contributed by atoms with Gasteiger partial charge in [-0.25, -0.2) is 8.42 Å². The van der Waals surface area contributed by atoms with Crippen molar-refractivity contribution in [1.29, 1.82) is 0 Å². The highest BCUT2D eigenvalue weighted by Crippen LogP contribution is 2.28. The Morgan fingerprint density at radius 3 is 2.39 bits per heavy atom. The summed E-state index contributed by atoms with van der Waals surface area (Å²) in [6.07, 6.45) is 0. The van der Waals surface area contributed by atoms with Crippen LogP contribution >= 0.6 is 35.0 Å². The molecular formula is C19H19Cl2N3O2S2. The predicted octanol–water partition coefficient (Wildman–Crippen LogP) is 5.18. The first-order valence-electron chi connectivity index (χ1n) is 8.58. The summed E-state index contributed by atoms with van der Waals surface area (Å²) in [6, 6.07) is 12.3. The lowest BCUT2D eigenvalue weighted by molar-refractivity contribution is 0.588. The molecule has 3 aromatic rings. The van der Waals surface area contributed by atoms with Gasteiger partial charge < -0.3 is 4.57 Å². The minimum Gasteiger partial charge on any atom is -0.305 e. The molecule has 0 N–H and O–H groups in total. The highest BCUT2D eigenvalue weighted by molar-refractivity contribution is 7.98. The first-order chi connectivity index (χ1) is 13.3. The first-order valence-corrected chi connectivity index (χ1v) is 12.0. The number of aromatic nitrogens is 3. The van der Waals surface area contributed by atoms with Gasteiger partial charge in [-0.1, -0.05) is 58.7 Å². The monoisotopic (exact) mass is 455 g/mol. The van der Waals surface area contributed by atoms with E-state index in [4.69, 9.17) is 23.2 Å². The Balaban J connectivity index is 1.77. The fraction of sp³-hybridized carbons (Fsp3) is 0.263. The normalized spacial score (nSPS) is 11.7. The van der Waals surface area contributed by atoms with E-state index in [0.717, 1.165) is 11.1 Å². The molecular weight excluding hydrogens is 437 g/mol. The van der Waals surface area contributed by atoms with Crippen molar-refractivity contribution in [3.05, 3.63) is 69.5 Å². The van der Waals surface area contributed by atoms with E-state index >= 15 is 0 Å². The topological polar surface area (TPSA) is 64.8 Å². The van der Waals surface area contributed by atoms with E-state index < -0.39 is 9.84 Å². The van der Waals surface area contributed by atoms with E-state index in [9.17, 15) is 8.42 Å². The average Bonchev–Trinajstić information content (AvgIpc) is 3.04. The number of rotatable bonds is 7. The molecule has 0 radical (unpaired) electrons. The molecule has 0 unspecified atom stereocenters. The summed E-state index contributed by atoms with van der Waals surface area (Å²) in [4.78, 5) is 0.286. The van der Waals surface area contributed by atoms with E-state index in [1.807, 2.05) is 30.5 Å². The Morgan fingerprint density at radius 2 is 1.75 bits per heavy atom. The van der Waals surface area contributed by atoms with Gasteiger partial charge in [0.2, 0.25) is 0 Å². The standard InChI is InChI=1S/C19H19Cl2N3O2S2/c1-3-24-18(12-28(25,26)15-7-4-13(2)5-8-15)22-23-19(24)27-11-14-6-9-16(20)17(21)10-14/h4-10H,3,11-12H2,1-2H3. The van der Waals surface area contributed by atoms with E-state index in [0.29, 0.717) is 33.3 Å². The van der Waals surface area contributed by atoms with E-state index in [1.165, 1.54) is 11.8 Å². The molecule has 0 aliphatic carbocycles. The van der Waals surface area contributed by atoms with Crippen molar-refractivity contribution in [1.82, 2.24) is 14.8 Å². The zero-order valence-corrected chi connectivity index (χ0v) is 18.5. The van der Waals surface area contributed by atoms with Crippen molar-refractivity contribution in [2.24, 2.45) is 0 Å². The number of benzene rings is 2. The van der Waals surface area contributed by atoms with Crippen molar-refractivity contribution in [3.63, 3.8) is 0 Å². The second-order valence-corrected chi connectivity index (χ2v) is 10.00. The Labute approximate surface area is 179 Å². The zero-order chi connectivity index (χ0) is 20.3. The molecule has 0 atom stereocenters. The summed E-state index contributed by atoms with van der Waals surface area (Å²) in [5.74, 6) is 0.865. The van der Waals surface area contributed by atoms with Crippen LogP contribution in [-0.2, 0) is 27.9 Å². The fourth-order valence-corrected chi connectivity index (χ4v) is 5.18. The van der Waals surface area contributed by atoms with Crippen LogP contribution in [0, 0.1) is 6.92 Å². The summed E-state index contributed by atoms with van der Waals surface area (Å²) in [5, 5.41) is 9.99. The molecule has 0 aliphatic heterocycles. The third-order valence-corrected chi connectivity index (χ3v) is 7.57. The molecule has 0 saturated heterocycles. The maximum Gasteiger partial charge on any atom is 0.191 e. The molecule has 148 valence electrons. The van der Waals surface area contributed by atoms with Gasteiger partial charge in [-0.15, -0.1) is 10.2 Å². The summed E-state index contributed by atoms with van der Waals surface area (Å²) in [5.41, 5.74) is 2.01. The average molecular weight is 456 g/mol. The molecule has 28 heavy (non-hydrogen) atoms. The number of sulfone groups is 1. The van der Waals surface area contributed by atoms with Crippen LogP contribution in [0.2, 0.25) is 10.0 Å². The van der Waals surface area contributed by atoms with Gasteiger partial charge in [-0.05, 0) is 43.7 Å². The predicted molar refractivity (Wildman–Crippen MR) is 114 cm³/mol. The molecule has 0 aliphatic rings. The van der Waals surface area contributed by atoms with E-state index in [-0.39, 0.29) is 10.6 Å². The number of halogens is 2. The molecule has 0 fully saturated rings. The SMILES string of the molecule is CCn1c(CS(=O)(=O)c2ccc(C)cc2)nnc1SCc1ccc(Cl)c(Cl)c1. The zero-order valence-electron chi connectivity index (χ0n) is 15.4. The van der Waals surface area contributed by atoms with Gasteiger partial charge >= 0.3 is 0 Å². The van der Waals surface area contributed by atoms with Crippen LogP contribution in [0.25, 0.3) is 0 Å². The summed E-state index contributed by atoms with van der Waals surface area (Å²) >= 11 is 13.5. The molecule has 9 heteroatoms. The number of aryl methyl sites for hydroxylation is 1. The first kappa shape index (κ1) is 21.2. The summed E-state index contributed by atoms with van der Waals surface area (Å²) in [7, 11) is -3.49. The van der Waals surface area contributed by atoms with Crippen molar-refractivity contribution in [2.45, 2.75) is 41.9 Å². The van der Waals surface area contributed by atoms with Crippen molar-refractivity contribution < 1.29 is 8.42 Å². The Morgan fingerprint density at radius 1 is 1.04 bits per heavy atom.